The van der Waals surface area contributed by atoms with Crippen molar-refractivity contribution in [1.29, 1.82) is 0 Å². The highest BCUT2D eigenvalue weighted by atomic mass is 32.1. The number of carbonyl (C=O) groups excluding carboxylic acids is 2. The molecule has 0 unspecified atom stereocenters. The first-order valence-electron chi connectivity index (χ1n) is 8.14. The van der Waals surface area contributed by atoms with Crippen LogP contribution >= 0.6 is 11.3 Å². The van der Waals surface area contributed by atoms with Crippen LogP contribution in [-0.4, -0.2) is 57.6 Å². The molecule has 1 fully saturated rings. The van der Waals surface area contributed by atoms with Crippen molar-refractivity contribution in [1.82, 2.24) is 19.6 Å². The summed E-state index contributed by atoms with van der Waals surface area (Å²) in [6, 6.07) is 3.85. The summed E-state index contributed by atoms with van der Waals surface area (Å²) < 4.78 is 1.75. The van der Waals surface area contributed by atoms with Crippen LogP contribution < -0.4 is 0 Å². The SMILES string of the molecule is Cc1ccc(C(=O)N2CCN(C(=O)CCc3cnn(C)c3)CC2)s1. The Labute approximate surface area is 145 Å². The average Bonchev–Trinajstić information content (AvgIpc) is 3.20. The van der Waals surface area contributed by atoms with Crippen molar-refractivity contribution in [2.24, 2.45) is 7.05 Å². The maximum absolute atomic E-state index is 12.4. The number of amides is 2. The maximum atomic E-state index is 12.4. The lowest BCUT2D eigenvalue weighted by Gasteiger charge is -2.34. The zero-order valence-electron chi connectivity index (χ0n) is 14.1. The van der Waals surface area contributed by atoms with E-state index in [4.69, 9.17) is 0 Å². The lowest BCUT2D eigenvalue weighted by Crippen LogP contribution is -2.50. The molecule has 6 nitrogen and oxygen atoms in total. The van der Waals surface area contributed by atoms with E-state index in [1.807, 2.05) is 42.1 Å². The van der Waals surface area contributed by atoms with Gasteiger partial charge in [-0.25, -0.2) is 0 Å². The molecule has 0 N–H and O–H groups in total. The Hall–Kier alpha value is -2.15. The Kier molecular flexibility index (Phi) is 4.99. The lowest BCUT2D eigenvalue weighted by atomic mass is 10.1. The van der Waals surface area contributed by atoms with Gasteiger partial charge in [-0.2, -0.15) is 5.10 Å². The molecule has 2 amide bonds. The van der Waals surface area contributed by atoms with E-state index in [-0.39, 0.29) is 11.8 Å². The Bertz CT molecular complexity index is 729. The van der Waals surface area contributed by atoms with Crippen molar-refractivity contribution in [3.05, 3.63) is 39.8 Å². The van der Waals surface area contributed by atoms with E-state index < -0.39 is 0 Å². The van der Waals surface area contributed by atoms with Crippen LogP contribution in [0.3, 0.4) is 0 Å². The molecule has 7 heteroatoms. The summed E-state index contributed by atoms with van der Waals surface area (Å²) in [4.78, 5) is 30.4. The highest BCUT2D eigenvalue weighted by Crippen LogP contribution is 2.18. The zero-order valence-corrected chi connectivity index (χ0v) is 14.9. The van der Waals surface area contributed by atoms with Gasteiger partial charge in [0.1, 0.15) is 0 Å². The van der Waals surface area contributed by atoms with E-state index in [0.29, 0.717) is 39.0 Å². The van der Waals surface area contributed by atoms with Crippen molar-refractivity contribution < 1.29 is 9.59 Å². The molecule has 24 heavy (non-hydrogen) atoms. The van der Waals surface area contributed by atoms with Gasteiger partial charge in [-0.3, -0.25) is 14.3 Å². The van der Waals surface area contributed by atoms with Gasteiger partial charge in [-0.05, 0) is 31.0 Å². The lowest BCUT2D eigenvalue weighted by molar-refractivity contribution is -0.132. The molecule has 1 aliphatic rings. The number of nitrogens with zero attached hydrogens (tertiary/aromatic N) is 4. The van der Waals surface area contributed by atoms with Crippen LogP contribution in [-0.2, 0) is 18.3 Å². The number of hydrogen-bond donors (Lipinski definition) is 0. The van der Waals surface area contributed by atoms with Crippen molar-refractivity contribution in [2.45, 2.75) is 19.8 Å². The summed E-state index contributed by atoms with van der Waals surface area (Å²) in [6.45, 7) is 4.44. The second-order valence-electron chi connectivity index (χ2n) is 6.11. The topological polar surface area (TPSA) is 58.4 Å². The molecule has 3 heterocycles. The molecule has 0 saturated carbocycles. The number of hydrogen-bond acceptors (Lipinski definition) is 4. The first-order chi connectivity index (χ1) is 11.5. The largest absolute Gasteiger partial charge is 0.339 e. The summed E-state index contributed by atoms with van der Waals surface area (Å²) in [7, 11) is 1.87. The molecular formula is C17H22N4O2S. The Morgan fingerprint density at radius 2 is 1.88 bits per heavy atom. The van der Waals surface area contributed by atoms with Crippen LogP contribution in [0.15, 0.2) is 24.5 Å². The molecule has 2 aromatic heterocycles. The van der Waals surface area contributed by atoms with E-state index in [9.17, 15) is 9.59 Å². The molecule has 0 aromatic carbocycles. The fourth-order valence-corrected chi connectivity index (χ4v) is 3.71. The fourth-order valence-electron chi connectivity index (χ4n) is 2.87. The number of aromatic nitrogens is 2. The third kappa shape index (κ3) is 3.84. The van der Waals surface area contributed by atoms with Crippen LogP contribution in [0.25, 0.3) is 0 Å². The predicted molar refractivity (Wildman–Crippen MR) is 93.1 cm³/mol. The van der Waals surface area contributed by atoms with Gasteiger partial charge in [-0.1, -0.05) is 0 Å². The molecule has 3 rings (SSSR count). The highest BCUT2D eigenvalue weighted by molar-refractivity contribution is 7.13. The molecule has 0 bridgehead atoms. The molecule has 0 aliphatic carbocycles. The quantitative estimate of drug-likeness (QED) is 0.847. The maximum Gasteiger partial charge on any atom is 0.264 e. The predicted octanol–water partition coefficient (Wildman–Crippen LogP) is 1.71. The summed E-state index contributed by atoms with van der Waals surface area (Å²) in [6.07, 6.45) is 4.93. The third-order valence-electron chi connectivity index (χ3n) is 4.26. The van der Waals surface area contributed by atoms with Crippen LogP contribution in [0.4, 0.5) is 0 Å². The van der Waals surface area contributed by atoms with Gasteiger partial charge in [-0.15, -0.1) is 11.3 Å². The molecule has 0 atom stereocenters. The average molecular weight is 346 g/mol. The summed E-state index contributed by atoms with van der Waals surface area (Å²) >= 11 is 1.52. The van der Waals surface area contributed by atoms with Crippen LogP contribution in [0.2, 0.25) is 0 Å². The molecule has 2 aromatic rings. The first-order valence-corrected chi connectivity index (χ1v) is 8.95. The Balaban J connectivity index is 1.47. The molecular weight excluding hydrogens is 324 g/mol. The molecule has 1 saturated heterocycles. The van der Waals surface area contributed by atoms with Gasteiger partial charge in [0, 0.05) is 50.7 Å². The van der Waals surface area contributed by atoms with Crippen LogP contribution in [0.1, 0.15) is 26.5 Å². The van der Waals surface area contributed by atoms with Crippen molar-refractivity contribution >= 4 is 23.2 Å². The third-order valence-corrected chi connectivity index (χ3v) is 5.25. The van der Waals surface area contributed by atoms with Gasteiger partial charge in [0.15, 0.2) is 0 Å². The summed E-state index contributed by atoms with van der Waals surface area (Å²) in [5.41, 5.74) is 1.08. The minimum Gasteiger partial charge on any atom is -0.339 e. The normalized spacial score (nSPS) is 14.9. The minimum atomic E-state index is 0.0792. The van der Waals surface area contributed by atoms with Crippen LogP contribution in [0.5, 0.6) is 0 Å². The number of piperazine rings is 1. The molecule has 0 spiro atoms. The Morgan fingerprint density at radius 1 is 1.17 bits per heavy atom. The smallest absolute Gasteiger partial charge is 0.264 e. The van der Waals surface area contributed by atoms with Crippen molar-refractivity contribution in [2.75, 3.05) is 26.2 Å². The van der Waals surface area contributed by atoms with E-state index >= 15 is 0 Å². The number of rotatable bonds is 4. The monoisotopic (exact) mass is 346 g/mol. The van der Waals surface area contributed by atoms with E-state index in [1.54, 1.807) is 10.9 Å². The van der Waals surface area contributed by atoms with Gasteiger partial charge >= 0.3 is 0 Å². The van der Waals surface area contributed by atoms with Gasteiger partial charge in [0.05, 0.1) is 11.1 Å². The van der Waals surface area contributed by atoms with E-state index in [1.165, 1.54) is 11.3 Å². The standard InChI is InChI=1S/C17H22N4O2S/c1-13-3-5-15(24-13)17(23)21-9-7-20(8-10-21)16(22)6-4-14-11-18-19(2)12-14/h3,5,11-12H,4,6-10H2,1-2H3. The molecule has 0 radical (unpaired) electrons. The summed E-state index contributed by atoms with van der Waals surface area (Å²) in [5.74, 6) is 0.230. The molecule has 1 aliphatic heterocycles. The van der Waals surface area contributed by atoms with Gasteiger partial charge < -0.3 is 9.80 Å². The number of carbonyl (C=O) groups is 2. The highest BCUT2D eigenvalue weighted by Gasteiger charge is 2.25. The van der Waals surface area contributed by atoms with Crippen molar-refractivity contribution in [3.63, 3.8) is 0 Å². The van der Waals surface area contributed by atoms with Crippen molar-refractivity contribution in [3.8, 4) is 0 Å². The Morgan fingerprint density at radius 3 is 2.46 bits per heavy atom. The van der Waals surface area contributed by atoms with E-state index in [0.717, 1.165) is 15.3 Å². The second-order valence-corrected chi connectivity index (χ2v) is 7.39. The number of thiophene rings is 1. The number of aryl methyl sites for hydroxylation is 3. The zero-order chi connectivity index (χ0) is 17.1. The first kappa shape index (κ1) is 16.7. The minimum absolute atomic E-state index is 0.0792. The fraction of sp³-hybridized carbons (Fsp3) is 0.471. The second kappa shape index (κ2) is 7.17. The molecule has 128 valence electrons. The van der Waals surface area contributed by atoms with Gasteiger partial charge in [0.25, 0.3) is 5.91 Å². The summed E-state index contributed by atoms with van der Waals surface area (Å²) in [5, 5.41) is 4.12. The van der Waals surface area contributed by atoms with E-state index in [2.05, 4.69) is 5.10 Å². The van der Waals surface area contributed by atoms with Gasteiger partial charge in [0.2, 0.25) is 5.91 Å². The van der Waals surface area contributed by atoms with Crippen LogP contribution in [0, 0.1) is 6.92 Å².